The third-order valence-electron chi connectivity index (χ3n) is 0.778. The summed E-state index contributed by atoms with van der Waals surface area (Å²) in [4.78, 5) is 13.7. The molecule has 0 aliphatic carbocycles. The zero-order valence-electron chi connectivity index (χ0n) is 7.37. The van der Waals surface area contributed by atoms with E-state index in [1.165, 1.54) is 0 Å². The smallest absolute Gasteiger partial charge is 0.346 e. The van der Waals surface area contributed by atoms with E-state index >= 15 is 0 Å². The Labute approximate surface area is 55.6 Å². The van der Waals surface area contributed by atoms with Crippen molar-refractivity contribution in [2.75, 3.05) is 0 Å². The molecule has 4 heteroatoms. The van der Waals surface area contributed by atoms with Gasteiger partial charge in [-0.15, -0.1) is 0 Å². The van der Waals surface area contributed by atoms with E-state index in [1.807, 2.05) is 0 Å². The van der Waals surface area contributed by atoms with Crippen LogP contribution in [0.2, 0.25) is 0 Å². The summed E-state index contributed by atoms with van der Waals surface area (Å²) in [5.74, 6) is -0.736. The second-order valence-corrected chi connectivity index (χ2v) is 1.42. The molecule has 0 spiro atoms. The molecule has 0 radical (unpaired) electrons. The lowest BCUT2D eigenvalue weighted by molar-refractivity contribution is -0.275. The standard InChI is InChI=1S/C5H6N2O2/c1-7-3-2-4(8)6-5(7)9/h2-3H,1H3,(H,6,8,9)/p-1/i1D3. The van der Waals surface area contributed by atoms with E-state index in [0.29, 0.717) is 4.57 Å². The normalized spacial score (nSPS) is 15.8. The van der Waals surface area contributed by atoms with Crippen LogP contribution >= 0.6 is 0 Å². The minimum Gasteiger partial charge on any atom is -0.858 e. The average molecular weight is 128 g/mol. The molecule has 0 aliphatic heterocycles. The Morgan fingerprint density at radius 1 is 2.00 bits per heavy atom. The quantitative estimate of drug-likeness (QED) is 0.443. The van der Waals surface area contributed by atoms with Crippen LogP contribution in [0.4, 0.5) is 0 Å². The Morgan fingerprint density at radius 2 is 2.78 bits per heavy atom. The number of rotatable bonds is 0. The van der Waals surface area contributed by atoms with Gasteiger partial charge in [0.15, 0.2) is 0 Å². The predicted molar refractivity (Wildman–Crippen MR) is 28.9 cm³/mol. The van der Waals surface area contributed by atoms with Crippen molar-refractivity contribution in [2.24, 2.45) is 6.98 Å². The van der Waals surface area contributed by atoms with E-state index in [4.69, 9.17) is 4.11 Å². The van der Waals surface area contributed by atoms with Gasteiger partial charge in [0.2, 0.25) is 0 Å². The summed E-state index contributed by atoms with van der Waals surface area (Å²) < 4.78 is 20.9. The topological polar surface area (TPSA) is 57.9 Å². The van der Waals surface area contributed by atoms with Crippen molar-refractivity contribution in [1.82, 2.24) is 9.55 Å². The fraction of sp³-hybridized carbons (Fsp3) is 0.200. The van der Waals surface area contributed by atoms with Gasteiger partial charge in [-0.1, -0.05) is 0 Å². The molecule has 0 amide bonds. The summed E-state index contributed by atoms with van der Waals surface area (Å²) in [6.07, 6.45) is 0.907. The van der Waals surface area contributed by atoms with Crippen LogP contribution in [0.1, 0.15) is 4.11 Å². The number of nitrogens with zero attached hydrogens (tertiary/aromatic N) is 2. The number of aromatic nitrogens is 2. The van der Waals surface area contributed by atoms with Gasteiger partial charge in [-0.3, -0.25) is 0 Å². The second-order valence-electron chi connectivity index (χ2n) is 1.42. The van der Waals surface area contributed by atoms with Crippen LogP contribution in [0.5, 0.6) is 5.88 Å². The van der Waals surface area contributed by atoms with Crippen molar-refractivity contribution in [3.63, 3.8) is 0 Å². The molecule has 0 saturated carbocycles. The van der Waals surface area contributed by atoms with Gasteiger partial charge >= 0.3 is 5.69 Å². The molecule has 1 aromatic heterocycles. The average Bonchev–Trinajstić information content (AvgIpc) is 1.83. The van der Waals surface area contributed by atoms with Crippen LogP contribution in [0.15, 0.2) is 17.1 Å². The highest BCUT2D eigenvalue weighted by Gasteiger charge is 1.84. The molecule has 1 rings (SSSR count). The molecule has 0 aromatic carbocycles. The van der Waals surface area contributed by atoms with Gasteiger partial charge in [0.25, 0.3) is 0 Å². The Bertz CT molecular complexity index is 343. The summed E-state index contributed by atoms with van der Waals surface area (Å²) in [5, 5.41) is 10.5. The number of hydrogen-bond acceptors (Lipinski definition) is 3. The van der Waals surface area contributed by atoms with Crippen molar-refractivity contribution < 1.29 is 9.22 Å². The largest absolute Gasteiger partial charge is 0.858 e. The first-order valence-electron chi connectivity index (χ1n) is 3.68. The highest BCUT2D eigenvalue weighted by atomic mass is 16.3. The summed E-state index contributed by atoms with van der Waals surface area (Å²) in [5.41, 5.74) is -1.05. The molecule has 0 atom stereocenters. The molecule has 0 N–H and O–H groups in total. The first-order valence-corrected chi connectivity index (χ1v) is 2.18. The van der Waals surface area contributed by atoms with Gasteiger partial charge < -0.3 is 9.67 Å². The molecule has 9 heavy (non-hydrogen) atoms. The highest BCUT2D eigenvalue weighted by Crippen LogP contribution is 1.87. The van der Waals surface area contributed by atoms with Crippen molar-refractivity contribution in [2.45, 2.75) is 0 Å². The summed E-state index contributed by atoms with van der Waals surface area (Å²) in [7, 11) is 0. The molecule has 0 aliphatic rings. The maximum Gasteiger partial charge on any atom is 0.346 e. The summed E-state index contributed by atoms with van der Waals surface area (Å²) >= 11 is 0. The number of aryl methyl sites for hydroxylation is 1. The zero-order chi connectivity index (χ0) is 9.35. The van der Waals surface area contributed by atoms with Crippen LogP contribution in [0, 0.1) is 0 Å². The van der Waals surface area contributed by atoms with E-state index < -0.39 is 18.5 Å². The van der Waals surface area contributed by atoms with Gasteiger partial charge in [0.05, 0.1) is 0 Å². The molecular formula is C5H5N2O2-. The van der Waals surface area contributed by atoms with Crippen LogP contribution in [-0.2, 0) is 6.98 Å². The molecule has 0 fully saturated rings. The van der Waals surface area contributed by atoms with Gasteiger partial charge in [-0.05, 0) is 11.9 Å². The SMILES string of the molecule is [2H]C([2H])([2H])n1ccc([O-])nc1=O. The molecule has 4 nitrogen and oxygen atoms in total. The van der Waals surface area contributed by atoms with Crippen LogP contribution in [0.3, 0.4) is 0 Å². The van der Waals surface area contributed by atoms with Crippen LogP contribution < -0.4 is 10.8 Å². The monoisotopic (exact) mass is 128 g/mol. The Hall–Kier alpha value is -1.32. The first-order chi connectivity index (χ1) is 5.41. The fourth-order valence-corrected chi connectivity index (χ4v) is 0.387. The van der Waals surface area contributed by atoms with Gasteiger partial charge in [-0.2, -0.15) is 0 Å². The third-order valence-corrected chi connectivity index (χ3v) is 0.778. The molecule has 1 heterocycles. The third kappa shape index (κ3) is 1.07. The number of hydrogen-bond donors (Lipinski definition) is 0. The highest BCUT2D eigenvalue weighted by molar-refractivity contribution is 5.00. The second kappa shape index (κ2) is 1.89. The van der Waals surface area contributed by atoms with Crippen LogP contribution in [0.25, 0.3) is 0 Å². The van der Waals surface area contributed by atoms with Crippen LogP contribution in [-0.4, -0.2) is 9.55 Å². The van der Waals surface area contributed by atoms with E-state index in [2.05, 4.69) is 4.98 Å². The van der Waals surface area contributed by atoms with E-state index in [9.17, 15) is 9.90 Å². The zero-order valence-corrected chi connectivity index (χ0v) is 4.37. The van der Waals surface area contributed by atoms with Crippen molar-refractivity contribution in [3.8, 4) is 5.88 Å². The minimum atomic E-state index is -2.57. The lowest BCUT2D eigenvalue weighted by atomic mass is 10.6. The maximum absolute atomic E-state index is 10.8. The van der Waals surface area contributed by atoms with E-state index in [-0.39, 0.29) is 0 Å². The fourth-order valence-electron chi connectivity index (χ4n) is 0.387. The maximum atomic E-state index is 10.8. The minimum absolute atomic E-state index is 0.425. The lowest BCUT2D eigenvalue weighted by Gasteiger charge is -2.01. The molecular weight excluding hydrogens is 120 g/mol. The van der Waals surface area contributed by atoms with E-state index in [0.717, 1.165) is 12.3 Å². The lowest BCUT2D eigenvalue weighted by Crippen LogP contribution is -2.20. The molecule has 0 unspecified atom stereocenters. The Morgan fingerprint density at radius 3 is 3.33 bits per heavy atom. The van der Waals surface area contributed by atoms with Gasteiger partial charge in [-0.25, -0.2) is 9.78 Å². The predicted octanol–water partition coefficient (Wildman–Crippen LogP) is -1.15. The summed E-state index contributed by atoms with van der Waals surface area (Å²) in [6.45, 7) is -2.57. The molecule has 0 saturated heterocycles. The van der Waals surface area contributed by atoms with Crippen molar-refractivity contribution in [1.29, 1.82) is 0 Å². The van der Waals surface area contributed by atoms with Crippen molar-refractivity contribution >= 4 is 0 Å². The Kier molecular flexibility index (Phi) is 0.631. The van der Waals surface area contributed by atoms with Crippen molar-refractivity contribution in [3.05, 3.63) is 22.7 Å². The molecule has 0 bridgehead atoms. The van der Waals surface area contributed by atoms with Gasteiger partial charge in [0, 0.05) is 17.3 Å². The van der Waals surface area contributed by atoms with Gasteiger partial charge in [0.1, 0.15) is 0 Å². The Balaban J connectivity index is 3.29. The first kappa shape index (κ1) is 3.00. The molecule has 48 valence electrons. The van der Waals surface area contributed by atoms with E-state index in [1.54, 1.807) is 0 Å². The molecule has 1 aromatic rings. The summed E-state index contributed by atoms with van der Waals surface area (Å²) in [6, 6.07) is 0.924.